The molecule has 3 aliphatic rings. The third-order valence-electron chi connectivity index (χ3n) is 6.41. The minimum atomic E-state index is -0.427. The third kappa shape index (κ3) is 3.61. The van der Waals surface area contributed by atoms with Crippen LogP contribution in [0.25, 0.3) is 0 Å². The van der Waals surface area contributed by atoms with Crippen LogP contribution in [0.2, 0.25) is 0 Å². The highest BCUT2D eigenvalue weighted by atomic mass is 16.6. The molecule has 128 valence electrons. The topological polar surface area (TPSA) is 29.5 Å². The van der Waals surface area contributed by atoms with Crippen LogP contribution in [-0.4, -0.2) is 37.5 Å². The fraction of sp³-hybridized carbons (Fsp3) is 0.842. The highest BCUT2D eigenvalue weighted by Gasteiger charge is 2.73. The summed E-state index contributed by atoms with van der Waals surface area (Å²) in [6.45, 7) is 16.5. The summed E-state index contributed by atoms with van der Waals surface area (Å²) < 4.78 is 5.23. The predicted molar refractivity (Wildman–Crippen MR) is 95.4 cm³/mol. The highest BCUT2D eigenvalue weighted by molar-refractivity contribution is 6.21. The summed E-state index contributed by atoms with van der Waals surface area (Å²) in [6.07, 6.45) is 3.83. The molecule has 2 radical (unpaired) electrons. The minimum Gasteiger partial charge on any atom is -0.444 e. The van der Waals surface area contributed by atoms with Crippen LogP contribution in [0.15, 0.2) is 11.5 Å². The monoisotopic (exact) mass is 317 g/mol. The number of carbonyl (C=O) groups excluding carboxylic acids is 1. The van der Waals surface area contributed by atoms with E-state index in [0.29, 0.717) is 18.5 Å². The van der Waals surface area contributed by atoms with Gasteiger partial charge >= 0.3 is 6.09 Å². The van der Waals surface area contributed by atoms with Gasteiger partial charge in [-0.25, -0.2) is 4.79 Å². The van der Waals surface area contributed by atoms with Crippen LogP contribution in [-0.2, 0) is 4.74 Å². The molecule has 1 heterocycles. The molecule has 23 heavy (non-hydrogen) atoms. The maximum absolute atomic E-state index is 11.6. The van der Waals surface area contributed by atoms with Crippen molar-refractivity contribution in [1.82, 2.24) is 4.90 Å². The van der Waals surface area contributed by atoms with E-state index in [-0.39, 0.29) is 6.09 Å². The zero-order chi connectivity index (χ0) is 17.6. The van der Waals surface area contributed by atoms with Gasteiger partial charge in [-0.1, -0.05) is 33.8 Å². The summed E-state index contributed by atoms with van der Waals surface area (Å²) in [7, 11) is 5.61. The van der Waals surface area contributed by atoms with Crippen LogP contribution in [0, 0.1) is 22.7 Å². The summed E-state index contributed by atoms with van der Waals surface area (Å²) in [4.78, 5) is 13.2. The Balaban J connectivity index is 0.000000182. The lowest BCUT2D eigenvalue weighted by Gasteiger charge is -2.49. The van der Waals surface area contributed by atoms with Gasteiger partial charge in [0.25, 0.3) is 0 Å². The molecule has 3 unspecified atom stereocenters. The standard InChI is InChI=1S/C10H16BNO2.C9H16/c1-10(2,3)14-9(13)12-6-4-8(11)5-7-12;1-6-7-5-9(7,4)8(6,2)3/h4H,5-7H2,1-3H3;6-7H,5H2,1-4H3. The molecule has 0 aromatic carbocycles. The van der Waals surface area contributed by atoms with Crippen LogP contribution in [0.4, 0.5) is 4.79 Å². The van der Waals surface area contributed by atoms with Crippen molar-refractivity contribution < 1.29 is 9.53 Å². The van der Waals surface area contributed by atoms with Gasteiger partial charge in [0.05, 0.1) is 0 Å². The summed E-state index contributed by atoms with van der Waals surface area (Å²) in [5, 5.41) is 0. The van der Waals surface area contributed by atoms with Gasteiger partial charge < -0.3 is 9.64 Å². The van der Waals surface area contributed by atoms with Gasteiger partial charge in [-0.3, -0.25) is 0 Å². The summed E-state index contributed by atoms with van der Waals surface area (Å²) >= 11 is 0. The quantitative estimate of drug-likeness (QED) is 0.621. The predicted octanol–water partition coefficient (Wildman–Crippen LogP) is 4.37. The van der Waals surface area contributed by atoms with Crippen LogP contribution in [0.3, 0.4) is 0 Å². The Labute approximate surface area is 143 Å². The second-order valence-electron chi connectivity index (χ2n) is 9.19. The van der Waals surface area contributed by atoms with Gasteiger partial charge in [0.1, 0.15) is 13.4 Å². The lowest BCUT2D eigenvalue weighted by Crippen LogP contribution is -2.43. The van der Waals surface area contributed by atoms with Gasteiger partial charge in [0, 0.05) is 13.1 Å². The molecule has 4 heteroatoms. The first-order valence-corrected chi connectivity index (χ1v) is 8.81. The fourth-order valence-corrected chi connectivity index (χ4v) is 3.97. The SMILES string of the molecule is CC1C2CC2(C)C1(C)C.[B]C1=CCN(C(=O)OC(C)(C)C)CC1. The van der Waals surface area contributed by atoms with E-state index in [1.807, 2.05) is 26.8 Å². The Morgan fingerprint density at radius 2 is 1.96 bits per heavy atom. The van der Waals surface area contributed by atoms with E-state index >= 15 is 0 Å². The number of carbonyl (C=O) groups is 1. The number of ether oxygens (including phenoxy) is 1. The second-order valence-corrected chi connectivity index (χ2v) is 9.19. The molecule has 3 nitrogen and oxygen atoms in total. The number of hydrogen-bond acceptors (Lipinski definition) is 2. The van der Waals surface area contributed by atoms with E-state index in [2.05, 4.69) is 27.7 Å². The van der Waals surface area contributed by atoms with E-state index in [1.54, 1.807) is 4.90 Å². The van der Waals surface area contributed by atoms with Gasteiger partial charge in [0.2, 0.25) is 0 Å². The van der Waals surface area contributed by atoms with Crippen molar-refractivity contribution >= 4 is 13.9 Å². The number of fused-ring (bicyclic) bond motifs is 1. The summed E-state index contributed by atoms with van der Waals surface area (Å²) in [5.41, 5.74) is 1.83. The van der Waals surface area contributed by atoms with Crippen LogP contribution >= 0.6 is 0 Å². The molecule has 2 saturated carbocycles. The number of nitrogens with zero attached hydrogens (tertiary/aromatic N) is 1. The first kappa shape index (κ1) is 18.4. The van der Waals surface area contributed by atoms with Crippen molar-refractivity contribution in [1.29, 1.82) is 0 Å². The maximum Gasteiger partial charge on any atom is 0.410 e. The third-order valence-corrected chi connectivity index (χ3v) is 6.41. The smallest absolute Gasteiger partial charge is 0.410 e. The Kier molecular flexibility index (Phi) is 4.69. The van der Waals surface area contributed by atoms with E-state index in [4.69, 9.17) is 12.6 Å². The van der Waals surface area contributed by atoms with E-state index in [1.165, 1.54) is 6.42 Å². The Bertz CT molecular complexity index is 506. The van der Waals surface area contributed by atoms with Crippen molar-refractivity contribution in [2.45, 2.75) is 66.9 Å². The molecule has 0 N–H and O–H groups in total. The molecule has 2 fully saturated rings. The zero-order valence-corrected chi connectivity index (χ0v) is 15.9. The molecule has 0 aromatic rings. The highest BCUT2D eigenvalue weighted by Crippen LogP contribution is 2.79. The number of amides is 1. The maximum atomic E-state index is 11.6. The normalized spacial score (nSPS) is 34.2. The fourth-order valence-electron chi connectivity index (χ4n) is 3.97. The van der Waals surface area contributed by atoms with Crippen molar-refractivity contribution in [3.63, 3.8) is 0 Å². The average Bonchev–Trinajstić information content (AvgIpc) is 3.08. The minimum absolute atomic E-state index is 0.263. The van der Waals surface area contributed by atoms with Crippen molar-refractivity contribution in [3.8, 4) is 0 Å². The van der Waals surface area contributed by atoms with E-state index in [9.17, 15) is 4.79 Å². The number of hydrogen-bond donors (Lipinski definition) is 0. The zero-order valence-electron chi connectivity index (χ0n) is 15.9. The van der Waals surface area contributed by atoms with E-state index in [0.717, 1.165) is 29.1 Å². The van der Waals surface area contributed by atoms with Crippen molar-refractivity contribution in [2.75, 3.05) is 13.1 Å². The molecule has 0 saturated heterocycles. The lowest BCUT2D eigenvalue weighted by atomic mass is 9.56. The van der Waals surface area contributed by atoms with Gasteiger partial charge in [0.15, 0.2) is 0 Å². The van der Waals surface area contributed by atoms with Crippen LogP contribution in [0.1, 0.15) is 61.3 Å². The molecular weight excluding hydrogens is 285 g/mol. The van der Waals surface area contributed by atoms with Gasteiger partial charge in [-0.05, 0) is 56.3 Å². The van der Waals surface area contributed by atoms with Crippen molar-refractivity contribution in [3.05, 3.63) is 11.5 Å². The molecule has 3 rings (SSSR count). The Morgan fingerprint density at radius 1 is 1.35 bits per heavy atom. The first-order valence-electron chi connectivity index (χ1n) is 8.81. The van der Waals surface area contributed by atoms with Crippen LogP contribution < -0.4 is 0 Å². The Hall–Kier alpha value is -0.925. The molecule has 0 spiro atoms. The average molecular weight is 317 g/mol. The molecule has 2 aliphatic carbocycles. The lowest BCUT2D eigenvalue weighted by molar-refractivity contribution is -0.00718. The second kappa shape index (κ2) is 5.86. The largest absolute Gasteiger partial charge is 0.444 e. The van der Waals surface area contributed by atoms with Gasteiger partial charge in [-0.15, -0.1) is 5.47 Å². The van der Waals surface area contributed by atoms with Crippen LogP contribution in [0.5, 0.6) is 0 Å². The molecule has 0 aromatic heterocycles. The Morgan fingerprint density at radius 3 is 2.26 bits per heavy atom. The summed E-state index contributed by atoms with van der Waals surface area (Å²) in [6, 6.07) is 0. The van der Waals surface area contributed by atoms with Gasteiger partial charge in [-0.2, -0.15) is 0 Å². The summed E-state index contributed by atoms with van der Waals surface area (Å²) in [5.74, 6) is 2.08. The van der Waals surface area contributed by atoms with Crippen molar-refractivity contribution in [2.24, 2.45) is 22.7 Å². The molecule has 3 atom stereocenters. The van der Waals surface area contributed by atoms with E-state index < -0.39 is 5.60 Å². The molecule has 0 bridgehead atoms. The molecular formula is C19H32BNO2. The molecule has 1 amide bonds. The molecule has 1 aliphatic heterocycles. The first-order chi connectivity index (χ1) is 10.4. The number of rotatable bonds is 0.